The number of piperazine rings is 1. The van der Waals surface area contributed by atoms with Crippen molar-refractivity contribution >= 4 is 11.6 Å². The van der Waals surface area contributed by atoms with Gasteiger partial charge in [0.25, 0.3) is 0 Å². The van der Waals surface area contributed by atoms with Crippen LogP contribution in [-0.4, -0.2) is 66.4 Å². The summed E-state index contributed by atoms with van der Waals surface area (Å²) in [6.45, 7) is 5.50. The predicted octanol–water partition coefficient (Wildman–Crippen LogP) is 2.23. The average molecular weight is 415 g/mol. The molecule has 2 N–H and O–H groups in total. The summed E-state index contributed by atoms with van der Waals surface area (Å²) in [6.07, 6.45) is -0.625. The van der Waals surface area contributed by atoms with Crippen molar-refractivity contribution in [3.8, 4) is 11.5 Å². The molecule has 0 aromatic heterocycles. The van der Waals surface area contributed by atoms with Crippen LogP contribution in [0.4, 0.5) is 10.1 Å². The second kappa shape index (κ2) is 8.99. The number of anilines is 1. The third-order valence-electron chi connectivity index (χ3n) is 5.64. The van der Waals surface area contributed by atoms with E-state index in [-0.39, 0.29) is 24.6 Å². The number of hydrogen-bond donors (Lipinski definition) is 2. The number of rotatable bonds is 6. The number of β-amino-alcohol motifs (C(OH)–C–C–N with tert-alkyl or cyclic N) is 1. The van der Waals surface area contributed by atoms with E-state index in [9.17, 15) is 14.3 Å². The smallest absolute Gasteiger partial charge is 0.241 e. The van der Waals surface area contributed by atoms with E-state index >= 15 is 0 Å². The fraction of sp³-hybridized carbons (Fsp3) is 0.409. The van der Waals surface area contributed by atoms with Crippen molar-refractivity contribution in [1.29, 1.82) is 0 Å². The van der Waals surface area contributed by atoms with Crippen molar-refractivity contribution in [3.05, 3.63) is 53.8 Å². The number of benzene rings is 2. The number of ether oxygens (including phenoxy) is 2. The van der Waals surface area contributed by atoms with E-state index in [2.05, 4.69) is 15.1 Å². The molecule has 160 valence electrons. The molecule has 0 radical (unpaired) electrons. The molecule has 0 aliphatic carbocycles. The average Bonchev–Trinajstić information content (AvgIpc) is 3.21. The number of carbonyl (C=O) groups excluding carboxylic acids is 1. The summed E-state index contributed by atoms with van der Waals surface area (Å²) in [6, 6.07) is 11.1. The number of fused-ring (bicyclic) bond motifs is 1. The third kappa shape index (κ3) is 4.72. The zero-order valence-electron chi connectivity index (χ0n) is 16.9. The van der Waals surface area contributed by atoms with Crippen LogP contribution in [0.5, 0.6) is 11.5 Å². The topological polar surface area (TPSA) is 74.3 Å². The molecule has 2 atom stereocenters. The van der Waals surface area contributed by atoms with Crippen molar-refractivity contribution in [3.63, 3.8) is 0 Å². The molecule has 1 amide bonds. The Morgan fingerprint density at radius 2 is 1.90 bits per heavy atom. The van der Waals surface area contributed by atoms with Crippen LogP contribution in [0.1, 0.15) is 18.6 Å². The molecule has 4 rings (SSSR count). The number of amides is 1. The van der Waals surface area contributed by atoms with Gasteiger partial charge in [-0.25, -0.2) is 4.39 Å². The Labute approximate surface area is 175 Å². The van der Waals surface area contributed by atoms with Gasteiger partial charge in [0.1, 0.15) is 5.82 Å². The van der Waals surface area contributed by atoms with Crippen LogP contribution < -0.4 is 14.8 Å². The van der Waals surface area contributed by atoms with Crippen LogP contribution in [-0.2, 0) is 4.79 Å². The van der Waals surface area contributed by atoms with Gasteiger partial charge in [0.2, 0.25) is 12.7 Å². The summed E-state index contributed by atoms with van der Waals surface area (Å²) in [5.74, 6) is 0.823. The van der Waals surface area contributed by atoms with Gasteiger partial charge in [-0.15, -0.1) is 0 Å². The maximum atomic E-state index is 13.3. The first-order valence-corrected chi connectivity index (χ1v) is 10.1. The largest absolute Gasteiger partial charge is 0.454 e. The molecule has 0 bridgehead atoms. The maximum absolute atomic E-state index is 13.3. The summed E-state index contributed by atoms with van der Waals surface area (Å²) in [5, 5.41) is 13.4. The maximum Gasteiger partial charge on any atom is 0.241 e. The fourth-order valence-corrected chi connectivity index (χ4v) is 3.78. The lowest BCUT2D eigenvalue weighted by molar-refractivity contribution is -0.121. The SMILES string of the molecule is C[C@@H](C(=O)Nc1cccc(F)c1)N1CCN(C[C@H](O)c2ccc3c(c2)OCO3)CC1. The Balaban J connectivity index is 1.26. The fourth-order valence-electron chi connectivity index (χ4n) is 3.78. The highest BCUT2D eigenvalue weighted by atomic mass is 19.1. The van der Waals surface area contributed by atoms with E-state index in [1.54, 1.807) is 12.1 Å². The number of nitrogens with zero attached hydrogens (tertiary/aromatic N) is 2. The number of carbonyl (C=O) groups is 1. The monoisotopic (exact) mass is 415 g/mol. The molecule has 2 aromatic carbocycles. The summed E-state index contributed by atoms with van der Waals surface area (Å²) in [7, 11) is 0. The van der Waals surface area contributed by atoms with Crippen molar-refractivity contribution in [2.24, 2.45) is 0 Å². The molecule has 1 saturated heterocycles. The summed E-state index contributed by atoms with van der Waals surface area (Å²) in [5.41, 5.74) is 1.25. The summed E-state index contributed by atoms with van der Waals surface area (Å²) >= 11 is 0. The first-order chi connectivity index (χ1) is 14.5. The molecular weight excluding hydrogens is 389 g/mol. The highest BCUT2D eigenvalue weighted by molar-refractivity contribution is 5.94. The number of aliphatic hydroxyl groups is 1. The van der Waals surface area contributed by atoms with Gasteiger partial charge >= 0.3 is 0 Å². The molecule has 0 unspecified atom stereocenters. The van der Waals surface area contributed by atoms with Crippen molar-refractivity contribution in [2.75, 3.05) is 44.8 Å². The summed E-state index contributed by atoms with van der Waals surface area (Å²) in [4.78, 5) is 16.8. The van der Waals surface area contributed by atoms with Crippen molar-refractivity contribution < 1.29 is 23.8 Å². The van der Waals surface area contributed by atoms with Gasteiger partial charge in [-0.2, -0.15) is 0 Å². The number of nitrogens with one attached hydrogen (secondary N) is 1. The lowest BCUT2D eigenvalue weighted by Crippen LogP contribution is -2.53. The molecule has 0 saturated carbocycles. The van der Waals surface area contributed by atoms with E-state index in [0.717, 1.165) is 18.7 Å². The van der Waals surface area contributed by atoms with Crippen LogP contribution in [0, 0.1) is 5.82 Å². The van der Waals surface area contributed by atoms with Crippen LogP contribution in [0.3, 0.4) is 0 Å². The zero-order chi connectivity index (χ0) is 21.1. The van der Waals surface area contributed by atoms with Gasteiger partial charge in [-0.1, -0.05) is 12.1 Å². The molecule has 2 aromatic rings. The van der Waals surface area contributed by atoms with E-state index in [1.165, 1.54) is 12.1 Å². The van der Waals surface area contributed by atoms with Gasteiger partial charge in [0.15, 0.2) is 11.5 Å². The minimum atomic E-state index is -0.625. The number of halogens is 1. The molecular formula is C22H26FN3O4. The first-order valence-electron chi connectivity index (χ1n) is 10.1. The second-order valence-corrected chi connectivity index (χ2v) is 7.64. The Morgan fingerprint density at radius 3 is 2.67 bits per heavy atom. The minimum absolute atomic E-state index is 0.158. The molecule has 2 heterocycles. The molecule has 7 nitrogen and oxygen atoms in total. The molecule has 1 fully saturated rings. The Kier molecular flexibility index (Phi) is 6.17. The standard InChI is InChI=1S/C22H26FN3O4/c1-15(22(28)24-18-4-2-3-17(23)12-18)26-9-7-25(8-10-26)13-19(27)16-5-6-20-21(11-16)30-14-29-20/h2-6,11-12,15,19,27H,7-10,13-14H2,1H3,(H,24,28)/t15-,19-/m0/s1. The second-order valence-electron chi connectivity index (χ2n) is 7.64. The number of hydrogen-bond acceptors (Lipinski definition) is 6. The highest BCUT2D eigenvalue weighted by Crippen LogP contribution is 2.34. The molecule has 30 heavy (non-hydrogen) atoms. The lowest BCUT2D eigenvalue weighted by atomic mass is 10.1. The first kappa shape index (κ1) is 20.6. The molecule has 2 aliphatic heterocycles. The van der Waals surface area contributed by atoms with Gasteiger partial charge < -0.3 is 19.9 Å². The Hall–Kier alpha value is -2.68. The molecule has 8 heteroatoms. The van der Waals surface area contributed by atoms with E-state index in [4.69, 9.17) is 9.47 Å². The van der Waals surface area contributed by atoms with Crippen molar-refractivity contribution in [2.45, 2.75) is 19.1 Å². The zero-order valence-corrected chi connectivity index (χ0v) is 16.9. The van der Waals surface area contributed by atoms with Crippen molar-refractivity contribution in [1.82, 2.24) is 9.80 Å². The number of aliphatic hydroxyl groups excluding tert-OH is 1. The minimum Gasteiger partial charge on any atom is -0.454 e. The summed E-state index contributed by atoms with van der Waals surface area (Å²) < 4.78 is 24.0. The van der Waals surface area contributed by atoms with Gasteiger partial charge in [0, 0.05) is 38.4 Å². The van der Waals surface area contributed by atoms with Gasteiger partial charge in [-0.05, 0) is 42.8 Å². The quantitative estimate of drug-likeness (QED) is 0.754. The normalized spacial score (nSPS) is 18.8. The lowest BCUT2D eigenvalue weighted by Gasteiger charge is -2.38. The van der Waals surface area contributed by atoms with Gasteiger partial charge in [0.05, 0.1) is 12.1 Å². The Morgan fingerprint density at radius 1 is 1.13 bits per heavy atom. The molecule has 0 spiro atoms. The van der Waals surface area contributed by atoms with E-state index in [1.807, 2.05) is 25.1 Å². The van der Waals surface area contributed by atoms with E-state index < -0.39 is 6.10 Å². The van der Waals surface area contributed by atoms with Crippen LogP contribution in [0.2, 0.25) is 0 Å². The van der Waals surface area contributed by atoms with Crippen LogP contribution in [0.15, 0.2) is 42.5 Å². The van der Waals surface area contributed by atoms with Crippen LogP contribution >= 0.6 is 0 Å². The molecule has 2 aliphatic rings. The van der Waals surface area contributed by atoms with E-state index in [0.29, 0.717) is 36.8 Å². The predicted molar refractivity (Wildman–Crippen MR) is 110 cm³/mol. The van der Waals surface area contributed by atoms with Crippen LogP contribution in [0.25, 0.3) is 0 Å². The van der Waals surface area contributed by atoms with Gasteiger partial charge in [-0.3, -0.25) is 14.6 Å². The Bertz CT molecular complexity index is 902. The third-order valence-corrected chi connectivity index (χ3v) is 5.64. The highest BCUT2D eigenvalue weighted by Gasteiger charge is 2.27.